The number of aromatic nitrogens is 2. The van der Waals surface area contributed by atoms with Gasteiger partial charge in [0.25, 0.3) is 17.3 Å². The number of ether oxygens (including phenoxy) is 3. The molecule has 5 heterocycles. The Kier molecular flexibility index (Phi) is 10.4. The number of nitrogens with zero attached hydrogens (tertiary/aromatic N) is 3. The van der Waals surface area contributed by atoms with Crippen LogP contribution >= 0.6 is 11.8 Å². The van der Waals surface area contributed by atoms with E-state index in [4.69, 9.17) is 19.2 Å². The van der Waals surface area contributed by atoms with Crippen molar-refractivity contribution in [2.45, 2.75) is 115 Å². The zero-order valence-corrected chi connectivity index (χ0v) is 31.8. The zero-order chi connectivity index (χ0) is 35.9. The average Bonchev–Trinajstić information content (AvgIpc) is 3.50. The number of benzene rings is 1. The van der Waals surface area contributed by atoms with Crippen molar-refractivity contribution >= 4 is 23.5 Å². The average molecular weight is 716 g/mol. The molecule has 10 nitrogen and oxygen atoms in total. The number of aromatic amines is 1. The monoisotopic (exact) mass is 715 g/mol. The first kappa shape index (κ1) is 35.8. The molecule has 11 heteroatoms. The highest BCUT2D eigenvalue weighted by atomic mass is 32.2. The predicted molar refractivity (Wildman–Crippen MR) is 202 cm³/mol. The minimum absolute atomic E-state index is 0.109. The molecule has 7 rings (SSSR count). The van der Waals surface area contributed by atoms with Crippen LogP contribution in [0.5, 0.6) is 11.5 Å². The Morgan fingerprint density at radius 2 is 1.73 bits per heavy atom. The predicted octanol–water partition coefficient (Wildman–Crippen LogP) is 6.85. The first-order valence-corrected chi connectivity index (χ1v) is 20.0. The fraction of sp³-hybridized carbons (Fsp3) is 0.575. The summed E-state index contributed by atoms with van der Waals surface area (Å²) in [6.07, 6.45) is 12.7. The first-order valence-electron chi connectivity index (χ1n) is 18.7. The van der Waals surface area contributed by atoms with Gasteiger partial charge in [-0.3, -0.25) is 9.59 Å². The van der Waals surface area contributed by atoms with Crippen molar-refractivity contribution < 1.29 is 19.0 Å². The van der Waals surface area contributed by atoms with E-state index in [0.29, 0.717) is 28.7 Å². The molecule has 1 saturated carbocycles. The molecule has 3 aliphatic heterocycles. The molecule has 274 valence electrons. The molecular weight excluding hydrogens is 663 g/mol. The number of rotatable bonds is 8. The van der Waals surface area contributed by atoms with Gasteiger partial charge < -0.3 is 34.3 Å². The number of hydrogen-bond donors (Lipinski definition) is 2. The van der Waals surface area contributed by atoms with Crippen molar-refractivity contribution in [1.29, 1.82) is 0 Å². The van der Waals surface area contributed by atoms with E-state index in [9.17, 15) is 9.59 Å². The number of aryl methyl sites for hydroxylation is 1. The Morgan fingerprint density at radius 3 is 2.39 bits per heavy atom. The Morgan fingerprint density at radius 1 is 1.02 bits per heavy atom. The summed E-state index contributed by atoms with van der Waals surface area (Å²) < 4.78 is 19.7. The number of carbonyl (C=O) groups excluding carboxylic acids is 1. The molecule has 2 saturated heterocycles. The number of morpholine rings is 1. The molecule has 3 aromatic rings. The van der Waals surface area contributed by atoms with Gasteiger partial charge in [0, 0.05) is 83.1 Å². The van der Waals surface area contributed by atoms with Gasteiger partial charge in [0.1, 0.15) is 5.82 Å². The smallest absolute Gasteiger partial charge is 0.254 e. The number of hydrogen-bond acceptors (Lipinski definition) is 9. The molecule has 2 N–H and O–H groups in total. The minimum atomic E-state index is -0.856. The second-order valence-corrected chi connectivity index (χ2v) is 16.0. The summed E-state index contributed by atoms with van der Waals surface area (Å²) >= 11 is 1.49. The van der Waals surface area contributed by atoms with Crippen LogP contribution < -0.4 is 25.2 Å². The maximum absolute atomic E-state index is 14.0. The minimum Gasteiger partial charge on any atom is -0.448 e. The standard InChI is InChI=1S/C40H53N5O5S/c1-24-18-34(51-6)33(39(47)43-24)21-42-38(46)31-19-32(28-12-13-35(41-20-28)45-22-25(2)48-26(3)23-45)37-36(27(31)4)49-40(5,50-37)29-14-16-44(17-15-29)30-10-8-7-9-11-30/h12-13,18-20,25-26,29-30H,7-11,14-17,21-23H2,1-6H3,(H,42,46)(H,43,47)/t25-,26+,40?. The number of fused-ring (bicyclic) bond motifs is 1. The summed E-state index contributed by atoms with van der Waals surface area (Å²) in [4.78, 5) is 40.4. The SMILES string of the molecule is CSc1cc(C)[nH]c(=O)c1CNC(=O)c1cc(-c2ccc(N3C[C@@H](C)O[C@@H](C)C3)nc2)c2c(c1C)OC(C)(C1CCN(C3CCCCC3)CC1)O2. The molecule has 1 amide bonds. The summed E-state index contributed by atoms with van der Waals surface area (Å²) in [5.74, 6) is 1.23. The summed E-state index contributed by atoms with van der Waals surface area (Å²) in [6, 6.07) is 8.63. The molecule has 0 bridgehead atoms. The van der Waals surface area contributed by atoms with Gasteiger partial charge in [-0.25, -0.2) is 4.98 Å². The molecule has 4 aliphatic rings. The summed E-state index contributed by atoms with van der Waals surface area (Å²) in [5.41, 5.74) is 3.96. The highest BCUT2D eigenvalue weighted by molar-refractivity contribution is 7.98. The molecule has 2 aromatic heterocycles. The Bertz CT molecular complexity index is 1790. The molecule has 1 aliphatic carbocycles. The molecule has 1 aromatic carbocycles. The lowest BCUT2D eigenvalue weighted by atomic mass is 9.86. The van der Waals surface area contributed by atoms with Gasteiger partial charge in [0.2, 0.25) is 0 Å². The zero-order valence-electron chi connectivity index (χ0n) is 31.0. The van der Waals surface area contributed by atoms with Crippen molar-refractivity contribution in [3.63, 3.8) is 0 Å². The van der Waals surface area contributed by atoms with Gasteiger partial charge in [-0.2, -0.15) is 0 Å². The number of nitrogens with one attached hydrogen (secondary N) is 2. The van der Waals surface area contributed by atoms with Crippen molar-refractivity contribution in [2.24, 2.45) is 5.92 Å². The third kappa shape index (κ3) is 7.39. The largest absolute Gasteiger partial charge is 0.448 e. The van der Waals surface area contributed by atoms with Crippen LogP contribution in [0.2, 0.25) is 0 Å². The number of amides is 1. The second-order valence-electron chi connectivity index (χ2n) is 15.2. The second kappa shape index (κ2) is 14.8. The Balaban J connectivity index is 1.18. The van der Waals surface area contributed by atoms with Crippen LogP contribution in [0, 0.1) is 19.8 Å². The van der Waals surface area contributed by atoms with Gasteiger partial charge in [0.15, 0.2) is 11.5 Å². The number of pyridine rings is 2. The highest BCUT2D eigenvalue weighted by Gasteiger charge is 2.48. The van der Waals surface area contributed by atoms with Gasteiger partial charge in [0.05, 0.1) is 12.2 Å². The van der Waals surface area contributed by atoms with E-state index in [1.807, 2.05) is 44.5 Å². The molecule has 0 radical (unpaired) electrons. The Hall–Kier alpha value is -3.54. The van der Waals surface area contributed by atoms with Gasteiger partial charge in [-0.1, -0.05) is 19.3 Å². The maximum atomic E-state index is 14.0. The van der Waals surface area contributed by atoms with Crippen LogP contribution in [0.1, 0.15) is 92.9 Å². The quantitative estimate of drug-likeness (QED) is 0.242. The molecular formula is C40H53N5O5S. The fourth-order valence-electron chi connectivity index (χ4n) is 8.63. The van der Waals surface area contributed by atoms with Crippen LogP contribution in [-0.2, 0) is 11.3 Å². The lowest BCUT2D eigenvalue weighted by Gasteiger charge is -2.42. The van der Waals surface area contributed by atoms with Gasteiger partial charge >= 0.3 is 0 Å². The van der Waals surface area contributed by atoms with Gasteiger partial charge in [-0.05, 0) is 97.0 Å². The van der Waals surface area contributed by atoms with E-state index in [1.54, 1.807) is 0 Å². The molecule has 51 heavy (non-hydrogen) atoms. The van der Waals surface area contributed by atoms with E-state index in [1.165, 1.54) is 43.9 Å². The van der Waals surface area contributed by atoms with Crippen molar-refractivity contribution in [1.82, 2.24) is 20.2 Å². The van der Waals surface area contributed by atoms with Crippen LogP contribution in [0.3, 0.4) is 0 Å². The lowest BCUT2D eigenvalue weighted by molar-refractivity contribution is -0.127. The summed E-state index contributed by atoms with van der Waals surface area (Å²) in [5, 5.41) is 3.03. The van der Waals surface area contributed by atoms with Crippen LogP contribution in [0.4, 0.5) is 5.82 Å². The van der Waals surface area contributed by atoms with E-state index in [2.05, 4.69) is 46.9 Å². The van der Waals surface area contributed by atoms with Crippen molar-refractivity contribution in [2.75, 3.05) is 37.3 Å². The van der Waals surface area contributed by atoms with Gasteiger partial charge in [-0.15, -0.1) is 11.8 Å². The maximum Gasteiger partial charge on any atom is 0.254 e. The fourth-order valence-corrected chi connectivity index (χ4v) is 9.34. The van der Waals surface area contributed by atoms with Crippen LogP contribution in [0.25, 0.3) is 11.1 Å². The molecule has 1 unspecified atom stereocenters. The van der Waals surface area contributed by atoms with Crippen molar-refractivity contribution in [3.8, 4) is 22.6 Å². The molecule has 3 atom stereocenters. The van der Waals surface area contributed by atoms with E-state index in [-0.39, 0.29) is 36.1 Å². The number of piperidine rings is 1. The van der Waals surface area contributed by atoms with E-state index < -0.39 is 5.79 Å². The van der Waals surface area contributed by atoms with E-state index >= 15 is 0 Å². The first-order chi connectivity index (χ1) is 24.5. The summed E-state index contributed by atoms with van der Waals surface area (Å²) in [6.45, 7) is 13.8. The number of carbonyl (C=O) groups is 1. The Labute approximate surface area is 306 Å². The number of anilines is 1. The molecule has 3 fully saturated rings. The number of H-pyrrole nitrogens is 1. The third-order valence-corrected chi connectivity index (χ3v) is 12.2. The summed E-state index contributed by atoms with van der Waals surface area (Å²) in [7, 11) is 0. The van der Waals surface area contributed by atoms with E-state index in [0.717, 1.165) is 72.1 Å². The normalized spacial score (nSPS) is 24.5. The third-order valence-electron chi connectivity index (χ3n) is 11.4. The van der Waals surface area contributed by atoms with Crippen LogP contribution in [0.15, 0.2) is 40.2 Å². The lowest BCUT2D eigenvalue weighted by Crippen LogP contribution is -2.50. The topological polar surface area (TPSA) is 109 Å². The highest BCUT2D eigenvalue weighted by Crippen LogP contribution is 2.52. The van der Waals surface area contributed by atoms with Crippen molar-refractivity contribution in [3.05, 3.63) is 63.2 Å². The van der Waals surface area contributed by atoms with Crippen LogP contribution in [-0.4, -0.2) is 77.2 Å². The number of thioether (sulfide) groups is 1. The molecule has 0 spiro atoms. The number of likely N-dealkylation sites (tertiary alicyclic amines) is 1.